The number of amides is 4. The summed E-state index contributed by atoms with van der Waals surface area (Å²) in [5.74, 6) is -2.67. The van der Waals surface area contributed by atoms with Gasteiger partial charge in [0.25, 0.3) is 0 Å². The summed E-state index contributed by atoms with van der Waals surface area (Å²) in [5, 5.41) is 17.1. The van der Waals surface area contributed by atoms with Gasteiger partial charge in [-0.3, -0.25) is 19.2 Å². The molecule has 0 heterocycles. The third-order valence-electron chi connectivity index (χ3n) is 4.57. The molecule has 0 aliphatic heterocycles. The van der Waals surface area contributed by atoms with E-state index in [-0.39, 0.29) is 31.6 Å². The number of carboxylic acid groups (broad SMARTS) is 1. The molecular weight excluding hydrogens is 470 g/mol. The van der Waals surface area contributed by atoms with Gasteiger partial charge in [0.15, 0.2) is 0 Å². The SMILES string of the molecule is CSCCC(NC(=O)C(N)CC(N)=O)C(=O)NC(CCSC)C(=O)NC(CC(C)C)C(=O)O. The molecule has 4 atom stereocenters. The Bertz CT molecular complexity index is 679. The number of nitrogens with one attached hydrogen (secondary N) is 3. The van der Waals surface area contributed by atoms with Crippen LogP contribution in [0.25, 0.3) is 0 Å². The van der Waals surface area contributed by atoms with Gasteiger partial charge in [-0.05, 0) is 49.2 Å². The van der Waals surface area contributed by atoms with Crippen LogP contribution in [0.2, 0.25) is 0 Å². The van der Waals surface area contributed by atoms with Crippen LogP contribution in [-0.2, 0) is 24.0 Å². The predicted molar refractivity (Wildman–Crippen MR) is 131 cm³/mol. The normalized spacial score (nSPS) is 14.6. The van der Waals surface area contributed by atoms with Crippen LogP contribution >= 0.6 is 23.5 Å². The summed E-state index contributed by atoms with van der Waals surface area (Å²) in [6.45, 7) is 3.69. The van der Waals surface area contributed by atoms with Gasteiger partial charge in [-0.15, -0.1) is 0 Å². The molecule has 4 amide bonds. The molecule has 0 aromatic rings. The minimum absolute atomic E-state index is 0.0430. The largest absolute Gasteiger partial charge is 0.480 e. The molecule has 0 aromatic carbocycles. The summed E-state index contributed by atoms with van der Waals surface area (Å²) in [6, 6.07) is -4.24. The zero-order valence-corrected chi connectivity index (χ0v) is 21.2. The molecule has 0 aliphatic carbocycles. The first-order valence-corrected chi connectivity index (χ1v) is 13.4. The lowest BCUT2D eigenvalue weighted by Crippen LogP contribution is -2.57. The second-order valence-corrected chi connectivity index (χ2v) is 9.96. The molecule has 0 saturated heterocycles. The molecule has 0 radical (unpaired) electrons. The number of carbonyl (C=O) groups is 5. The Morgan fingerprint density at radius 1 is 0.818 bits per heavy atom. The van der Waals surface area contributed by atoms with Crippen molar-refractivity contribution in [2.45, 2.75) is 63.7 Å². The third kappa shape index (κ3) is 13.3. The maximum atomic E-state index is 12.9. The summed E-state index contributed by atoms with van der Waals surface area (Å²) in [5.41, 5.74) is 10.7. The first-order chi connectivity index (χ1) is 15.4. The average Bonchev–Trinajstić information content (AvgIpc) is 2.72. The quantitative estimate of drug-likeness (QED) is 0.147. The molecule has 190 valence electrons. The van der Waals surface area contributed by atoms with Crippen molar-refractivity contribution in [2.75, 3.05) is 24.0 Å². The third-order valence-corrected chi connectivity index (χ3v) is 5.85. The van der Waals surface area contributed by atoms with E-state index in [1.54, 1.807) is 0 Å². The molecule has 0 rings (SSSR count). The highest BCUT2D eigenvalue weighted by Gasteiger charge is 2.30. The van der Waals surface area contributed by atoms with E-state index >= 15 is 0 Å². The summed E-state index contributed by atoms with van der Waals surface area (Å²) in [6.07, 6.45) is 4.10. The lowest BCUT2D eigenvalue weighted by molar-refractivity contribution is -0.142. The molecule has 33 heavy (non-hydrogen) atoms. The van der Waals surface area contributed by atoms with Crippen LogP contribution < -0.4 is 27.4 Å². The number of rotatable bonds is 17. The van der Waals surface area contributed by atoms with Crippen LogP contribution in [0.1, 0.15) is 39.5 Å². The molecule has 0 spiro atoms. The molecule has 0 aromatic heterocycles. The van der Waals surface area contributed by atoms with Crippen LogP contribution in [0.5, 0.6) is 0 Å². The van der Waals surface area contributed by atoms with Gasteiger partial charge in [-0.25, -0.2) is 4.79 Å². The van der Waals surface area contributed by atoms with Gasteiger partial charge < -0.3 is 32.5 Å². The monoisotopic (exact) mass is 507 g/mol. The minimum atomic E-state index is -1.20. The van der Waals surface area contributed by atoms with Crippen LogP contribution in [0.4, 0.5) is 0 Å². The molecule has 0 aliphatic rings. The highest BCUT2D eigenvalue weighted by Crippen LogP contribution is 2.08. The number of nitrogens with two attached hydrogens (primary N) is 2. The molecule has 0 saturated carbocycles. The summed E-state index contributed by atoms with van der Waals surface area (Å²) in [7, 11) is 0. The van der Waals surface area contributed by atoms with Crippen molar-refractivity contribution in [3.8, 4) is 0 Å². The van der Waals surface area contributed by atoms with Crippen molar-refractivity contribution in [2.24, 2.45) is 17.4 Å². The summed E-state index contributed by atoms with van der Waals surface area (Å²) >= 11 is 2.94. The molecule has 0 fully saturated rings. The van der Waals surface area contributed by atoms with Crippen LogP contribution in [0.15, 0.2) is 0 Å². The van der Waals surface area contributed by atoms with Gasteiger partial charge in [-0.2, -0.15) is 23.5 Å². The molecule has 11 nitrogen and oxygen atoms in total. The Labute approximate surface area is 203 Å². The standard InChI is InChI=1S/C20H37N5O6S2/c1-11(2)9-15(20(30)31)25-19(29)14(6-8-33-4)24-18(28)13(5-7-32-3)23-17(27)12(21)10-16(22)26/h11-15H,5-10,21H2,1-4H3,(H2,22,26)(H,23,27)(H,24,28)(H,25,29)(H,30,31). The van der Waals surface area contributed by atoms with Crippen molar-refractivity contribution in [1.29, 1.82) is 0 Å². The van der Waals surface area contributed by atoms with Crippen molar-refractivity contribution in [3.63, 3.8) is 0 Å². The van der Waals surface area contributed by atoms with E-state index in [2.05, 4.69) is 16.0 Å². The smallest absolute Gasteiger partial charge is 0.326 e. The van der Waals surface area contributed by atoms with Crippen molar-refractivity contribution >= 4 is 53.1 Å². The van der Waals surface area contributed by atoms with E-state index < -0.39 is 53.8 Å². The highest BCUT2D eigenvalue weighted by molar-refractivity contribution is 7.98. The van der Waals surface area contributed by atoms with Crippen molar-refractivity contribution in [1.82, 2.24) is 16.0 Å². The molecule has 0 bridgehead atoms. The Morgan fingerprint density at radius 2 is 1.24 bits per heavy atom. The maximum absolute atomic E-state index is 12.9. The summed E-state index contributed by atoms with van der Waals surface area (Å²) < 4.78 is 0. The number of aliphatic carboxylic acids is 1. The first-order valence-electron chi connectivity index (χ1n) is 10.6. The lowest BCUT2D eigenvalue weighted by atomic mass is 10.0. The van der Waals surface area contributed by atoms with Crippen LogP contribution in [-0.4, -0.2) is 82.9 Å². The number of hydrogen-bond donors (Lipinski definition) is 6. The van der Waals surface area contributed by atoms with E-state index in [4.69, 9.17) is 11.5 Å². The van der Waals surface area contributed by atoms with E-state index in [1.807, 2.05) is 26.4 Å². The molecule has 13 heteroatoms. The number of carbonyl (C=O) groups excluding carboxylic acids is 4. The zero-order valence-electron chi connectivity index (χ0n) is 19.6. The average molecular weight is 508 g/mol. The molecule has 8 N–H and O–H groups in total. The second kappa shape index (κ2) is 16.6. The van der Waals surface area contributed by atoms with E-state index in [0.717, 1.165) is 0 Å². The predicted octanol–water partition coefficient (Wildman–Crippen LogP) is -0.720. The Balaban J connectivity index is 5.42. The zero-order chi connectivity index (χ0) is 25.6. The van der Waals surface area contributed by atoms with Crippen molar-refractivity contribution < 1.29 is 29.1 Å². The van der Waals surface area contributed by atoms with Gasteiger partial charge in [0, 0.05) is 0 Å². The molecular formula is C20H37N5O6S2. The Kier molecular flexibility index (Phi) is 15.6. The number of primary amides is 1. The van der Waals surface area contributed by atoms with Crippen LogP contribution in [0.3, 0.4) is 0 Å². The van der Waals surface area contributed by atoms with E-state index in [9.17, 15) is 29.1 Å². The highest BCUT2D eigenvalue weighted by atomic mass is 32.2. The first kappa shape index (κ1) is 31.0. The lowest BCUT2D eigenvalue weighted by Gasteiger charge is -2.25. The fourth-order valence-corrected chi connectivity index (χ4v) is 3.78. The van der Waals surface area contributed by atoms with Gasteiger partial charge in [0.05, 0.1) is 12.5 Å². The van der Waals surface area contributed by atoms with E-state index in [1.165, 1.54) is 23.5 Å². The van der Waals surface area contributed by atoms with Gasteiger partial charge in [-0.1, -0.05) is 13.8 Å². The van der Waals surface area contributed by atoms with Crippen molar-refractivity contribution in [3.05, 3.63) is 0 Å². The van der Waals surface area contributed by atoms with E-state index in [0.29, 0.717) is 11.5 Å². The van der Waals surface area contributed by atoms with Gasteiger partial charge >= 0.3 is 5.97 Å². The fraction of sp³-hybridized carbons (Fsp3) is 0.750. The number of thioether (sulfide) groups is 2. The molecule has 4 unspecified atom stereocenters. The van der Waals surface area contributed by atoms with Gasteiger partial charge in [0.2, 0.25) is 23.6 Å². The maximum Gasteiger partial charge on any atom is 0.326 e. The number of carboxylic acids is 1. The second-order valence-electron chi connectivity index (χ2n) is 7.99. The minimum Gasteiger partial charge on any atom is -0.480 e. The van der Waals surface area contributed by atoms with Crippen LogP contribution in [0, 0.1) is 5.92 Å². The topological polar surface area (TPSA) is 194 Å². The number of hydrogen-bond acceptors (Lipinski definition) is 8. The van der Waals surface area contributed by atoms with Gasteiger partial charge in [0.1, 0.15) is 18.1 Å². The Morgan fingerprint density at radius 3 is 1.61 bits per heavy atom. The summed E-state index contributed by atoms with van der Waals surface area (Å²) in [4.78, 5) is 60.6. The Hall–Kier alpha value is -1.99. The fourth-order valence-electron chi connectivity index (χ4n) is 2.83.